The molecule has 0 spiro atoms. The number of amides is 2. The van der Waals surface area contributed by atoms with Gasteiger partial charge in [0, 0.05) is 25.7 Å². The molecular weight excluding hydrogens is 256 g/mol. The summed E-state index contributed by atoms with van der Waals surface area (Å²) in [4.78, 5) is 27.5. The normalized spacial score (nSPS) is 15.0. The first-order valence-corrected chi connectivity index (χ1v) is 6.75. The zero-order valence-electron chi connectivity index (χ0n) is 12.0. The lowest BCUT2D eigenvalue weighted by Crippen LogP contribution is -2.46. The highest BCUT2D eigenvalue weighted by Crippen LogP contribution is 2.07. The van der Waals surface area contributed by atoms with Crippen LogP contribution in [0.4, 0.5) is 0 Å². The molecule has 1 fully saturated rings. The van der Waals surface area contributed by atoms with Gasteiger partial charge in [-0.3, -0.25) is 9.59 Å². The van der Waals surface area contributed by atoms with Crippen LogP contribution in [0.2, 0.25) is 0 Å². The lowest BCUT2D eigenvalue weighted by molar-refractivity contribution is -0.135. The lowest BCUT2D eigenvalue weighted by atomic mass is 10.1. The van der Waals surface area contributed by atoms with Crippen molar-refractivity contribution in [3.05, 3.63) is 35.4 Å². The number of morpholine rings is 1. The molecule has 1 heterocycles. The van der Waals surface area contributed by atoms with Crippen molar-refractivity contribution in [3.63, 3.8) is 0 Å². The Bertz CT molecular complexity index is 478. The Morgan fingerprint density at radius 3 is 2.40 bits per heavy atom. The van der Waals surface area contributed by atoms with Crippen LogP contribution in [0.1, 0.15) is 15.9 Å². The molecule has 0 aliphatic carbocycles. The third-order valence-electron chi connectivity index (χ3n) is 3.38. The van der Waals surface area contributed by atoms with Gasteiger partial charge in [0.1, 0.15) is 0 Å². The number of hydrogen-bond donors (Lipinski definition) is 0. The molecule has 2 amide bonds. The number of rotatable bonds is 3. The Kier molecular flexibility index (Phi) is 4.74. The third-order valence-corrected chi connectivity index (χ3v) is 3.38. The summed E-state index contributed by atoms with van der Waals surface area (Å²) in [6.07, 6.45) is 0. The Labute approximate surface area is 119 Å². The van der Waals surface area contributed by atoms with Gasteiger partial charge < -0.3 is 14.5 Å². The Balaban J connectivity index is 1.93. The van der Waals surface area contributed by atoms with Gasteiger partial charge in [0.15, 0.2) is 0 Å². The molecule has 0 bridgehead atoms. The summed E-state index contributed by atoms with van der Waals surface area (Å²) in [6, 6.07) is 7.36. The standard InChI is InChI=1S/C15H20N2O3/c1-12-3-5-13(6-4-12)15(19)16(2)11-14(18)17-7-9-20-10-8-17/h3-6H,7-11H2,1-2H3. The van der Waals surface area contributed by atoms with Gasteiger partial charge in [-0.2, -0.15) is 0 Å². The molecule has 0 saturated carbocycles. The van der Waals surface area contributed by atoms with Crippen LogP contribution in [0.5, 0.6) is 0 Å². The number of ether oxygens (including phenoxy) is 1. The molecule has 1 saturated heterocycles. The van der Waals surface area contributed by atoms with Gasteiger partial charge in [0.2, 0.25) is 5.91 Å². The second-order valence-electron chi connectivity index (χ2n) is 5.02. The Morgan fingerprint density at radius 2 is 1.80 bits per heavy atom. The molecular formula is C15H20N2O3. The van der Waals surface area contributed by atoms with E-state index in [0.29, 0.717) is 31.9 Å². The van der Waals surface area contributed by atoms with Gasteiger partial charge in [0.05, 0.1) is 19.8 Å². The monoisotopic (exact) mass is 276 g/mol. The van der Waals surface area contributed by atoms with Gasteiger partial charge in [-0.15, -0.1) is 0 Å². The highest BCUT2D eigenvalue weighted by Gasteiger charge is 2.20. The second kappa shape index (κ2) is 6.52. The minimum Gasteiger partial charge on any atom is -0.378 e. The Morgan fingerprint density at radius 1 is 1.20 bits per heavy atom. The van der Waals surface area contributed by atoms with E-state index in [1.807, 2.05) is 19.1 Å². The van der Waals surface area contributed by atoms with Crippen molar-refractivity contribution < 1.29 is 14.3 Å². The van der Waals surface area contributed by atoms with Gasteiger partial charge >= 0.3 is 0 Å². The molecule has 20 heavy (non-hydrogen) atoms. The van der Waals surface area contributed by atoms with Crippen LogP contribution in [-0.2, 0) is 9.53 Å². The molecule has 1 aromatic rings. The maximum atomic E-state index is 12.2. The first-order chi connectivity index (χ1) is 9.58. The van der Waals surface area contributed by atoms with Crippen LogP contribution in [-0.4, -0.2) is 61.5 Å². The van der Waals surface area contributed by atoms with Crippen LogP contribution in [0.15, 0.2) is 24.3 Å². The summed E-state index contributed by atoms with van der Waals surface area (Å²) >= 11 is 0. The zero-order valence-corrected chi connectivity index (χ0v) is 12.0. The molecule has 108 valence electrons. The van der Waals surface area contributed by atoms with E-state index in [2.05, 4.69) is 0 Å². The van der Waals surface area contributed by atoms with Crippen molar-refractivity contribution in [2.24, 2.45) is 0 Å². The van der Waals surface area contributed by atoms with Crippen LogP contribution < -0.4 is 0 Å². The third kappa shape index (κ3) is 3.57. The molecule has 5 nitrogen and oxygen atoms in total. The van der Waals surface area contributed by atoms with Crippen molar-refractivity contribution in [2.75, 3.05) is 39.9 Å². The minimum absolute atomic E-state index is 0.0312. The number of aryl methyl sites for hydroxylation is 1. The highest BCUT2D eigenvalue weighted by atomic mass is 16.5. The summed E-state index contributed by atoms with van der Waals surface area (Å²) in [6.45, 7) is 4.42. The van der Waals surface area contributed by atoms with E-state index in [-0.39, 0.29) is 18.4 Å². The molecule has 0 aromatic heterocycles. The van der Waals surface area contributed by atoms with E-state index < -0.39 is 0 Å². The van der Waals surface area contributed by atoms with E-state index in [1.54, 1.807) is 24.1 Å². The van der Waals surface area contributed by atoms with E-state index in [1.165, 1.54) is 4.90 Å². The smallest absolute Gasteiger partial charge is 0.254 e. The molecule has 0 unspecified atom stereocenters. The van der Waals surface area contributed by atoms with Crippen molar-refractivity contribution >= 4 is 11.8 Å². The first kappa shape index (κ1) is 14.5. The largest absolute Gasteiger partial charge is 0.378 e. The van der Waals surface area contributed by atoms with Crippen LogP contribution in [0.25, 0.3) is 0 Å². The predicted octanol–water partition coefficient (Wildman–Crippen LogP) is 0.926. The second-order valence-corrected chi connectivity index (χ2v) is 5.02. The summed E-state index contributed by atoms with van der Waals surface area (Å²) in [7, 11) is 1.65. The minimum atomic E-state index is -0.133. The number of carbonyl (C=O) groups is 2. The zero-order chi connectivity index (χ0) is 14.5. The van der Waals surface area contributed by atoms with Gasteiger partial charge in [-0.25, -0.2) is 0 Å². The lowest BCUT2D eigenvalue weighted by Gasteiger charge is -2.28. The average Bonchev–Trinajstić information content (AvgIpc) is 2.48. The first-order valence-electron chi connectivity index (χ1n) is 6.75. The van der Waals surface area contributed by atoms with E-state index in [4.69, 9.17) is 4.74 Å². The van der Waals surface area contributed by atoms with Gasteiger partial charge in [0.25, 0.3) is 5.91 Å². The highest BCUT2D eigenvalue weighted by molar-refractivity contribution is 5.96. The summed E-state index contributed by atoms with van der Waals surface area (Å²) in [5.41, 5.74) is 1.71. The molecule has 1 aliphatic heterocycles. The number of likely N-dealkylation sites (N-methyl/N-ethyl adjacent to an activating group) is 1. The maximum Gasteiger partial charge on any atom is 0.254 e. The molecule has 0 N–H and O–H groups in total. The molecule has 5 heteroatoms. The molecule has 0 atom stereocenters. The van der Waals surface area contributed by atoms with Gasteiger partial charge in [-0.05, 0) is 19.1 Å². The number of nitrogens with zero attached hydrogens (tertiary/aromatic N) is 2. The van der Waals surface area contributed by atoms with Crippen molar-refractivity contribution in [1.29, 1.82) is 0 Å². The number of benzene rings is 1. The molecule has 1 aliphatic rings. The Hall–Kier alpha value is -1.88. The topological polar surface area (TPSA) is 49.9 Å². The summed E-state index contributed by atoms with van der Waals surface area (Å²) in [5, 5.41) is 0. The molecule has 1 aromatic carbocycles. The van der Waals surface area contributed by atoms with Crippen LogP contribution >= 0.6 is 0 Å². The summed E-state index contributed by atoms with van der Waals surface area (Å²) in [5.74, 6) is -0.164. The fourth-order valence-corrected chi connectivity index (χ4v) is 2.10. The fraction of sp³-hybridized carbons (Fsp3) is 0.467. The van der Waals surface area contributed by atoms with Crippen LogP contribution in [0.3, 0.4) is 0 Å². The van der Waals surface area contributed by atoms with Crippen LogP contribution in [0, 0.1) is 6.92 Å². The predicted molar refractivity (Wildman–Crippen MR) is 75.5 cm³/mol. The molecule has 0 radical (unpaired) electrons. The maximum absolute atomic E-state index is 12.2. The van der Waals surface area contributed by atoms with Gasteiger partial charge in [-0.1, -0.05) is 17.7 Å². The SMILES string of the molecule is Cc1ccc(C(=O)N(C)CC(=O)N2CCOCC2)cc1. The van der Waals surface area contributed by atoms with E-state index >= 15 is 0 Å². The fourth-order valence-electron chi connectivity index (χ4n) is 2.10. The van der Waals surface area contributed by atoms with E-state index in [0.717, 1.165) is 5.56 Å². The average molecular weight is 276 g/mol. The van der Waals surface area contributed by atoms with Crippen molar-refractivity contribution in [1.82, 2.24) is 9.80 Å². The number of hydrogen-bond acceptors (Lipinski definition) is 3. The summed E-state index contributed by atoms with van der Waals surface area (Å²) < 4.78 is 5.21. The van der Waals surface area contributed by atoms with Crippen molar-refractivity contribution in [2.45, 2.75) is 6.92 Å². The molecule has 2 rings (SSSR count). The van der Waals surface area contributed by atoms with Crippen molar-refractivity contribution in [3.8, 4) is 0 Å². The van der Waals surface area contributed by atoms with E-state index in [9.17, 15) is 9.59 Å². The number of carbonyl (C=O) groups excluding carboxylic acids is 2. The quantitative estimate of drug-likeness (QED) is 0.825.